The predicted octanol–water partition coefficient (Wildman–Crippen LogP) is 1.55. The van der Waals surface area contributed by atoms with Crippen LogP contribution in [0.25, 0.3) is 0 Å². The number of anilines is 1. The fourth-order valence-corrected chi connectivity index (χ4v) is 1.76. The van der Waals surface area contributed by atoms with E-state index in [2.05, 4.69) is 6.92 Å². The molecule has 0 bridgehead atoms. The Morgan fingerprint density at radius 2 is 2.13 bits per heavy atom. The molecule has 3 nitrogen and oxygen atoms in total. The Labute approximate surface area is 88.7 Å². The zero-order valence-electron chi connectivity index (χ0n) is 8.69. The minimum atomic E-state index is -0.372. The summed E-state index contributed by atoms with van der Waals surface area (Å²) in [6, 6.07) is 7.78. The zero-order chi connectivity index (χ0) is 10.8. The van der Waals surface area contributed by atoms with E-state index in [9.17, 15) is 9.59 Å². The maximum absolute atomic E-state index is 11.5. The Bertz CT molecular complexity index is 412. The van der Waals surface area contributed by atoms with Gasteiger partial charge in [0.15, 0.2) is 0 Å². The van der Waals surface area contributed by atoms with Crippen molar-refractivity contribution in [1.29, 1.82) is 0 Å². The van der Waals surface area contributed by atoms with E-state index in [0.29, 0.717) is 13.0 Å². The molecule has 1 amide bonds. The van der Waals surface area contributed by atoms with Gasteiger partial charge in [0.05, 0.1) is 0 Å². The van der Waals surface area contributed by atoms with Gasteiger partial charge in [-0.2, -0.15) is 0 Å². The van der Waals surface area contributed by atoms with Crippen LogP contribution in [-0.4, -0.2) is 18.2 Å². The maximum Gasteiger partial charge on any atom is 0.294 e. The fourth-order valence-electron chi connectivity index (χ4n) is 1.76. The molecule has 3 heteroatoms. The number of benzene rings is 1. The number of hydrogen-bond donors (Lipinski definition) is 0. The average Bonchev–Trinajstić information content (AvgIpc) is 2.60. The number of amides is 1. The molecule has 1 heterocycles. The van der Waals surface area contributed by atoms with Crippen LogP contribution < -0.4 is 4.90 Å². The van der Waals surface area contributed by atoms with Crippen molar-refractivity contribution >= 4 is 17.4 Å². The van der Waals surface area contributed by atoms with Gasteiger partial charge in [0.2, 0.25) is 5.78 Å². The number of carbonyl (C=O) groups excluding carboxylic acids is 2. The normalized spacial score (nSPS) is 16.2. The molecule has 0 N–H and O–H groups in total. The minimum absolute atomic E-state index is 0.281. The van der Waals surface area contributed by atoms with Crippen LogP contribution in [-0.2, 0) is 16.0 Å². The molecule has 15 heavy (non-hydrogen) atoms. The summed E-state index contributed by atoms with van der Waals surface area (Å²) >= 11 is 0. The first-order chi connectivity index (χ1) is 7.22. The summed E-state index contributed by atoms with van der Waals surface area (Å²) in [6.45, 7) is 2.58. The first-order valence-electron chi connectivity index (χ1n) is 5.16. The van der Waals surface area contributed by atoms with E-state index in [0.717, 1.165) is 12.1 Å². The molecule has 1 aliphatic heterocycles. The van der Waals surface area contributed by atoms with Crippen molar-refractivity contribution < 1.29 is 9.59 Å². The third-order valence-electron chi connectivity index (χ3n) is 2.68. The second-order valence-electron chi connectivity index (χ2n) is 3.65. The lowest BCUT2D eigenvalue weighted by Gasteiger charge is -2.15. The van der Waals surface area contributed by atoms with Crippen LogP contribution in [0.2, 0.25) is 0 Å². The van der Waals surface area contributed by atoms with Crippen molar-refractivity contribution in [2.45, 2.75) is 19.8 Å². The summed E-state index contributed by atoms with van der Waals surface area (Å²) in [7, 11) is 0. The number of ketones is 1. The van der Waals surface area contributed by atoms with Crippen LogP contribution in [0.5, 0.6) is 0 Å². The standard InChI is InChI=1S/C12H13NO2/c1-2-9-4-3-5-10(8-9)13-7-6-11(14)12(13)15/h3-5,8H,2,6-7H2,1H3. The SMILES string of the molecule is CCc1cccc(N2CCC(=O)C2=O)c1. The van der Waals surface area contributed by atoms with Crippen molar-refractivity contribution in [2.24, 2.45) is 0 Å². The van der Waals surface area contributed by atoms with E-state index >= 15 is 0 Å². The number of carbonyl (C=O) groups is 2. The van der Waals surface area contributed by atoms with E-state index in [-0.39, 0.29) is 11.7 Å². The highest BCUT2D eigenvalue weighted by atomic mass is 16.2. The summed E-state index contributed by atoms with van der Waals surface area (Å²) in [4.78, 5) is 24.2. The van der Waals surface area contributed by atoms with Crippen LogP contribution in [0.15, 0.2) is 24.3 Å². The summed E-state index contributed by atoms with van der Waals surface area (Å²) in [5.41, 5.74) is 2.02. The lowest BCUT2D eigenvalue weighted by atomic mass is 10.1. The van der Waals surface area contributed by atoms with Crippen molar-refractivity contribution in [3.63, 3.8) is 0 Å². The van der Waals surface area contributed by atoms with Crippen molar-refractivity contribution in [1.82, 2.24) is 0 Å². The van der Waals surface area contributed by atoms with Gasteiger partial charge in [-0.25, -0.2) is 0 Å². The smallest absolute Gasteiger partial charge is 0.294 e. The van der Waals surface area contributed by atoms with Gasteiger partial charge < -0.3 is 4.90 Å². The Morgan fingerprint density at radius 3 is 2.73 bits per heavy atom. The fraction of sp³-hybridized carbons (Fsp3) is 0.333. The minimum Gasteiger partial charge on any atom is -0.305 e. The molecule has 1 fully saturated rings. The van der Waals surface area contributed by atoms with Crippen LogP contribution in [0.1, 0.15) is 18.9 Å². The summed E-state index contributed by atoms with van der Waals surface area (Å²) < 4.78 is 0. The quantitative estimate of drug-likeness (QED) is 0.684. The Morgan fingerprint density at radius 1 is 1.33 bits per heavy atom. The molecule has 78 valence electrons. The molecule has 0 unspecified atom stereocenters. The lowest BCUT2D eigenvalue weighted by Crippen LogP contribution is -2.26. The molecular formula is C12H13NO2. The van der Waals surface area contributed by atoms with Gasteiger partial charge in [-0.3, -0.25) is 9.59 Å². The van der Waals surface area contributed by atoms with E-state index in [1.807, 2.05) is 24.3 Å². The summed E-state index contributed by atoms with van der Waals surface area (Å²) in [5.74, 6) is -0.653. The molecule has 0 aromatic heterocycles. The van der Waals surface area contributed by atoms with Gasteiger partial charge in [-0.1, -0.05) is 19.1 Å². The van der Waals surface area contributed by atoms with Gasteiger partial charge in [0, 0.05) is 18.7 Å². The van der Waals surface area contributed by atoms with Crippen LogP contribution >= 0.6 is 0 Å². The largest absolute Gasteiger partial charge is 0.305 e. The number of nitrogens with zero attached hydrogens (tertiary/aromatic N) is 1. The highest BCUT2D eigenvalue weighted by Gasteiger charge is 2.30. The molecule has 1 aliphatic rings. The topological polar surface area (TPSA) is 37.4 Å². The number of aryl methyl sites for hydroxylation is 1. The molecule has 0 saturated carbocycles. The number of rotatable bonds is 2. The van der Waals surface area contributed by atoms with Gasteiger partial charge in [0.1, 0.15) is 0 Å². The van der Waals surface area contributed by atoms with Crippen molar-refractivity contribution in [2.75, 3.05) is 11.4 Å². The van der Waals surface area contributed by atoms with Crippen molar-refractivity contribution in [3.05, 3.63) is 29.8 Å². The van der Waals surface area contributed by atoms with Crippen LogP contribution in [0.3, 0.4) is 0 Å². The third kappa shape index (κ3) is 1.77. The lowest BCUT2D eigenvalue weighted by molar-refractivity contribution is -0.133. The molecule has 0 aliphatic carbocycles. The Balaban J connectivity index is 2.30. The van der Waals surface area contributed by atoms with E-state index in [4.69, 9.17) is 0 Å². The molecule has 0 atom stereocenters. The summed E-state index contributed by atoms with van der Waals surface area (Å²) in [6.07, 6.45) is 1.28. The van der Waals surface area contributed by atoms with Crippen LogP contribution in [0.4, 0.5) is 5.69 Å². The third-order valence-corrected chi connectivity index (χ3v) is 2.68. The molecule has 1 saturated heterocycles. The van der Waals surface area contributed by atoms with Gasteiger partial charge >= 0.3 is 0 Å². The zero-order valence-corrected chi connectivity index (χ0v) is 8.69. The van der Waals surface area contributed by atoms with Gasteiger partial charge in [-0.05, 0) is 24.1 Å². The molecular weight excluding hydrogens is 190 g/mol. The highest BCUT2D eigenvalue weighted by molar-refractivity contribution is 6.43. The highest BCUT2D eigenvalue weighted by Crippen LogP contribution is 2.20. The average molecular weight is 203 g/mol. The monoisotopic (exact) mass is 203 g/mol. The Kier molecular flexibility index (Phi) is 2.54. The van der Waals surface area contributed by atoms with E-state index in [1.165, 1.54) is 5.56 Å². The van der Waals surface area contributed by atoms with E-state index in [1.54, 1.807) is 4.90 Å². The second-order valence-corrected chi connectivity index (χ2v) is 3.65. The summed E-state index contributed by atoms with van der Waals surface area (Å²) in [5, 5.41) is 0. The molecule has 0 spiro atoms. The predicted molar refractivity (Wildman–Crippen MR) is 57.8 cm³/mol. The molecule has 2 rings (SSSR count). The molecule has 1 aromatic rings. The van der Waals surface area contributed by atoms with Gasteiger partial charge in [0.25, 0.3) is 5.91 Å². The first-order valence-corrected chi connectivity index (χ1v) is 5.16. The number of hydrogen-bond acceptors (Lipinski definition) is 2. The van der Waals surface area contributed by atoms with Crippen LogP contribution in [0, 0.1) is 0 Å². The van der Waals surface area contributed by atoms with Gasteiger partial charge in [-0.15, -0.1) is 0 Å². The molecule has 1 aromatic carbocycles. The Hall–Kier alpha value is -1.64. The maximum atomic E-state index is 11.5. The molecule has 0 radical (unpaired) electrons. The second kappa shape index (κ2) is 3.85. The van der Waals surface area contributed by atoms with Crippen molar-refractivity contribution in [3.8, 4) is 0 Å². The van der Waals surface area contributed by atoms with E-state index < -0.39 is 0 Å². The number of Topliss-reactive ketones (excluding diaryl/α,β-unsaturated/α-hetero) is 1. The first kappa shape index (κ1) is 9.90.